The van der Waals surface area contributed by atoms with Gasteiger partial charge in [0.05, 0.1) is 0 Å². The van der Waals surface area contributed by atoms with Gasteiger partial charge in [-0.1, -0.05) is 22.0 Å². The zero-order valence-corrected chi connectivity index (χ0v) is 13.2. The number of carboxylic acid groups (broad SMARTS) is 1. The van der Waals surface area contributed by atoms with Crippen LogP contribution in [0.2, 0.25) is 0 Å². The lowest BCUT2D eigenvalue weighted by atomic mass is 10.1. The minimum absolute atomic E-state index is 0.354. The van der Waals surface area contributed by atoms with Crippen molar-refractivity contribution in [3.05, 3.63) is 33.8 Å². The fraction of sp³-hybridized carbons (Fsp3) is 0.385. The molecule has 0 saturated heterocycles. The maximum absolute atomic E-state index is 12.1. The molecule has 104 valence electrons. The van der Waals surface area contributed by atoms with Gasteiger partial charge in [0.2, 0.25) is 0 Å². The van der Waals surface area contributed by atoms with E-state index in [0.717, 1.165) is 10.0 Å². The van der Waals surface area contributed by atoms with E-state index in [1.807, 2.05) is 25.3 Å². The Bertz CT molecular complexity index is 479. The van der Waals surface area contributed by atoms with Gasteiger partial charge < -0.3 is 10.4 Å². The van der Waals surface area contributed by atoms with E-state index in [0.29, 0.717) is 17.7 Å². The summed E-state index contributed by atoms with van der Waals surface area (Å²) in [6.07, 6.45) is 2.31. The lowest BCUT2D eigenvalue weighted by Gasteiger charge is -2.15. The van der Waals surface area contributed by atoms with E-state index >= 15 is 0 Å². The van der Waals surface area contributed by atoms with Crippen LogP contribution in [-0.4, -0.2) is 35.0 Å². The first-order chi connectivity index (χ1) is 8.95. The van der Waals surface area contributed by atoms with Crippen molar-refractivity contribution in [2.45, 2.75) is 19.4 Å². The number of nitrogens with one attached hydrogen (secondary N) is 1. The van der Waals surface area contributed by atoms with Gasteiger partial charge in [0, 0.05) is 10.0 Å². The molecular weight excluding hydrogens is 330 g/mol. The number of carboxylic acids is 1. The summed E-state index contributed by atoms with van der Waals surface area (Å²) in [6, 6.07) is 4.50. The van der Waals surface area contributed by atoms with Gasteiger partial charge in [-0.25, -0.2) is 4.79 Å². The van der Waals surface area contributed by atoms with Crippen molar-refractivity contribution < 1.29 is 14.7 Å². The third-order valence-corrected chi connectivity index (χ3v) is 3.80. The van der Waals surface area contributed by atoms with Crippen LogP contribution < -0.4 is 5.32 Å². The molecule has 0 aliphatic heterocycles. The minimum atomic E-state index is -1.00. The van der Waals surface area contributed by atoms with Crippen LogP contribution in [0.4, 0.5) is 0 Å². The topological polar surface area (TPSA) is 66.4 Å². The lowest BCUT2D eigenvalue weighted by molar-refractivity contribution is -0.139. The van der Waals surface area contributed by atoms with E-state index in [1.165, 1.54) is 0 Å². The Labute approximate surface area is 125 Å². The van der Waals surface area contributed by atoms with Gasteiger partial charge in [0.1, 0.15) is 6.04 Å². The zero-order valence-electron chi connectivity index (χ0n) is 10.8. The van der Waals surface area contributed by atoms with Crippen molar-refractivity contribution in [1.29, 1.82) is 0 Å². The third kappa shape index (κ3) is 4.87. The van der Waals surface area contributed by atoms with E-state index < -0.39 is 12.0 Å². The van der Waals surface area contributed by atoms with Crippen LogP contribution in [-0.2, 0) is 4.79 Å². The largest absolute Gasteiger partial charge is 0.480 e. The normalized spacial score (nSPS) is 11.9. The first-order valence-corrected chi connectivity index (χ1v) is 7.93. The summed E-state index contributed by atoms with van der Waals surface area (Å²) in [7, 11) is 0. The number of rotatable bonds is 6. The van der Waals surface area contributed by atoms with Crippen LogP contribution in [0.15, 0.2) is 22.7 Å². The molecule has 0 saturated carbocycles. The minimum Gasteiger partial charge on any atom is -0.480 e. The molecular formula is C13H16BrNO3S. The number of aliphatic carboxylic acids is 1. The molecule has 1 atom stereocenters. The molecule has 6 heteroatoms. The third-order valence-electron chi connectivity index (χ3n) is 2.66. The molecule has 1 aromatic carbocycles. The van der Waals surface area contributed by atoms with Crippen LogP contribution >= 0.6 is 27.7 Å². The second kappa shape index (κ2) is 7.55. The molecule has 0 aromatic heterocycles. The van der Waals surface area contributed by atoms with Gasteiger partial charge >= 0.3 is 5.97 Å². The van der Waals surface area contributed by atoms with Crippen LogP contribution in [0.1, 0.15) is 22.3 Å². The molecule has 0 fully saturated rings. The fourth-order valence-electron chi connectivity index (χ4n) is 1.57. The number of carbonyl (C=O) groups excluding carboxylic acids is 1. The molecule has 0 aliphatic rings. The quantitative estimate of drug-likeness (QED) is 0.831. The molecule has 0 aliphatic carbocycles. The molecule has 1 aromatic rings. The number of halogens is 1. The van der Waals surface area contributed by atoms with Gasteiger partial charge in [-0.2, -0.15) is 11.8 Å². The van der Waals surface area contributed by atoms with E-state index in [9.17, 15) is 9.59 Å². The van der Waals surface area contributed by atoms with Gasteiger partial charge in [0.25, 0.3) is 5.91 Å². The predicted octanol–water partition coefficient (Wildman–Crippen LogP) is 2.69. The summed E-state index contributed by atoms with van der Waals surface area (Å²) in [5.41, 5.74) is 1.31. The number of aryl methyl sites for hydroxylation is 1. The Hall–Kier alpha value is -1.01. The Balaban J connectivity index is 2.81. The van der Waals surface area contributed by atoms with E-state index in [4.69, 9.17) is 5.11 Å². The number of carbonyl (C=O) groups is 2. The average molecular weight is 346 g/mol. The summed E-state index contributed by atoms with van der Waals surface area (Å²) in [5, 5.41) is 11.6. The number of benzene rings is 1. The maximum atomic E-state index is 12.1. The predicted molar refractivity (Wildman–Crippen MR) is 80.8 cm³/mol. The zero-order chi connectivity index (χ0) is 14.4. The molecule has 2 N–H and O–H groups in total. The smallest absolute Gasteiger partial charge is 0.326 e. The van der Waals surface area contributed by atoms with E-state index in [2.05, 4.69) is 21.2 Å². The van der Waals surface area contributed by atoms with Gasteiger partial charge in [-0.05, 0) is 43.0 Å². The average Bonchev–Trinajstić information content (AvgIpc) is 2.36. The summed E-state index contributed by atoms with van der Waals surface area (Å²) in [5.74, 6) is -0.670. The standard InChI is InChI=1S/C13H16BrNO3S/c1-8-3-4-9(14)7-10(8)12(16)15-11(13(17)18)5-6-19-2/h3-4,7,11H,5-6H2,1-2H3,(H,15,16)(H,17,18)/t11-/m0/s1. The first kappa shape index (κ1) is 16.0. The number of amides is 1. The summed E-state index contributed by atoms with van der Waals surface area (Å²) < 4.78 is 0.791. The second-order valence-corrected chi connectivity index (χ2v) is 6.01. The van der Waals surface area contributed by atoms with Gasteiger partial charge in [-0.3, -0.25) is 4.79 Å². The first-order valence-electron chi connectivity index (χ1n) is 5.74. The Morgan fingerprint density at radius 2 is 2.16 bits per heavy atom. The fourth-order valence-corrected chi connectivity index (χ4v) is 2.40. The van der Waals surface area contributed by atoms with E-state index in [-0.39, 0.29) is 5.91 Å². The van der Waals surface area contributed by atoms with Crippen LogP contribution in [0.3, 0.4) is 0 Å². The van der Waals surface area contributed by atoms with Crippen molar-refractivity contribution in [2.24, 2.45) is 0 Å². The molecule has 0 bridgehead atoms. The van der Waals surface area contributed by atoms with Crippen molar-refractivity contribution in [1.82, 2.24) is 5.32 Å². The molecule has 4 nitrogen and oxygen atoms in total. The highest BCUT2D eigenvalue weighted by atomic mass is 79.9. The highest BCUT2D eigenvalue weighted by Gasteiger charge is 2.21. The molecule has 0 heterocycles. The molecule has 0 spiro atoms. The van der Waals surface area contributed by atoms with Crippen molar-refractivity contribution in [3.8, 4) is 0 Å². The summed E-state index contributed by atoms with van der Waals surface area (Å²) >= 11 is 4.86. The van der Waals surface area contributed by atoms with Crippen molar-refractivity contribution in [3.63, 3.8) is 0 Å². The van der Waals surface area contributed by atoms with Crippen molar-refractivity contribution >= 4 is 39.6 Å². The highest BCUT2D eigenvalue weighted by molar-refractivity contribution is 9.10. The lowest BCUT2D eigenvalue weighted by Crippen LogP contribution is -2.41. The van der Waals surface area contributed by atoms with Crippen LogP contribution in [0, 0.1) is 6.92 Å². The second-order valence-electron chi connectivity index (χ2n) is 4.11. The van der Waals surface area contributed by atoms with Gasteiger partial charge in [0.15, 0.2) is 0 Å². The van der Waals surface area contributed by atoms with Crippen LogP contribution in [0.25, 0.3) is 0 Å². The maximum Gasteiger partial charge on any atom is 0.326 e. The molecule has 0 radical (unpaired) electrons. The monoisotopic (exact) mass is 345 g/mol. The van der Waals surface area contributed by atoms with Gasteiger partial charge in [-0.15, -0.1) is 0 Å². The van der Waals surface area contributed by atoms with Crippen LogP contribution in [0.5, 0.6) is 0 Å². The Morgan fingerprint density at radius 1 is 1.47 bits per heavy atom. The van der Waals surface area contributed by atoms with E-state index in [1.54, 1.807) is 17.8 Å². The SMILES string of the molecule is CSCC[C@H](NC(=O)c1cc(Br)ccc1C)C(=O)O. The molecule has 1 amide bonds. The highest BCUT2D eigenvalue weighted by Crippen LogP contribution is 2.16. The molecule has 0 unspecified atom stereocenters. The number of hydrogen-bond donors (Lipinski definition) is 2. The Morgan fingerprint density at radius 3 is 2.74 bits per heavy atom. The molecule has 19 heavy (non-hydrogen) atoms. The summed E-state index contributed by atoms with van der Waals surface area (Å²) in [6.45, 7) is 1.82. The Kier molecular flexibility index (Phi) is 6.37. The van der Waals surface area contributed by atoms with Crippen molar-refractivity contribution in [2.75, 3.05) is 12.0 Å². The number of hydrogen-bond acceptors (Lipinski definition) is 3. The summed E-state index contributed by atoms with van der Waals surface area (Å²) in [4.78, 5) is 23.2. The molecule has 1 rings (SSSR count). The number of thioether (sulfide) groups is 1.